The normalized spacial score (nSPS) is 29.6. The van der Waals surface area contributed by atoms with Crippen LogP contribution in [0.15, 0.2) is 0 Å². The molecule has 2 N–H and O–H groups in total. The quantitative estimate of drug-likeness (QED) is 0.761. The molecular weight excluding hydrogens is 220 g/mol. The monoisotopic (exact) mass is 242 g/mol. The van der Waals surface area contributed by atoms with Gasteiger partial charge in [0.2, 0.25) is 5.91 Å². The Morgan fingerprint density at radius 3 is 2.82 bits per heavy atom. The standard InChI is InChI=1S/C12H22N2O3/c13-8-11-9-14(5-7-17-11)12(15)4-3-10-2-1-6-16-10/h10-11H,1-9,13H2/t10-,11+/m1/s1. The summed E-state index contributed by atoms with van der Waals surface area (Å²) in [6, 6.07) is 0. The van der Waals surface area contributed by atoms with E-state index in [2.05, 4.69) is 0 Å². The fraction of sp³-hybridized carbons (Fsp3) is 0.917. The molecule has 2 aliphatic heterocycles. The lowest BCUT2D eigenvalue weighted by Crippen LogP contribution is -2.48. The van der Waals surface area contributed by atoms with Gasteiger partial charge >= 0.3 is 0 Å². The second-order valence-corrected chi connectivity index (χ2v) is 4.74. The number of ether oxygens (including phenoxy) is 2. The van der Waals surface area contributed by atoms with E-state index in [0.717, 1.165) is 25.9 Å². The first-order valence-corrected chi connectivity index (χ1v) is 6.50. The Bertz CT molecular complexity index is 254. The van der Waals surface area contributed by atoms with E-state index in [-0.39, 0.29) is 12.0 Å². The van der Waals surface area contributed by atoms with Crippen LogP contribution in [0.4, 0.5) is 0 Å². The van der Waals surface area contributed by atoms with Gasteiger partial charge in [-0.05, 0) is 19.3 Å². The maximum absolute atomic E-state index is 12.0. The average molecular weight is 242 g/mol. The first-order chi connectivity index (χ1) is 8.29. The summed E-state index contributed by atoms with van der Waals surface area (Å²) in [5, 5.41) is 0. The van der Waals surface area contributed by atoms with Gasteiger partial charge in [0, 0.05) is 32.7 Å². The zero-order chi connectivity index (χ0) is 12.1. The van der Waals surface area contributed by atoms with Crippen molar-refractivity contribution in [1.82, 2.24) is 4.90 Å². The number of hydrogen-bond acceptors (Lipinski definition) is 4. The molecule has 2 rings (SSSR count). The molecule has 2 aliphatic rings. The summed E-state index contributed by atoms with van der Waals surface area (Å²) in [5.74, 6) is 0.210. The van der Waals surface area contributed by atoms with Crippen molar-refractivity contribution >= 4 is 5.91 Å². The van der Waals surface area contributed by atoms with Gasteiger partial charge < -0.3 is 20.1 Å². The van der Waals surface area contributed by atoms with E-state index in [1.165, 1.54) is 0 Å². The smallest absolute Gasteiger partial charge is 0.222 e. The molecule has 0 radical (unpaired) electrons. The van der Waals surface area contributed by atoms with Gasteiger partial charge in [-0.3, -0.25) is 4.79 Å². The number of morpholine rings is 1. The van der Waals surface area contributed by atoms with Crippen LogP contribution in [0.5, 0.6) is 0 Å². The molecule has 0 spiro atoms. The highest BCUT2D eigenvalue weighted by Crippen LogP contribution is 2.17. The number of nitrogens with two attached hydrogens (primary N) is 1. The minimum atomic E-state index is 0.00966. The number of carbonyl (C=O) groups is 1. The van der Waals surface area contributed by atoms with Crippen LogP contribution in [0, 0.1) is 0 Å². The Hall–Kier alpha value is -0.650. The van der Waals surface area contributed by atoms with Crippen molar-refractivity contribution in [2.24, 2.45) is 5.73 Å². The number of amides is 1. The number of hydrogen-bond donors (Lipinski definition) is 1. The molecule has 2 atom stereocenters. The molecule has 0 bridgehead atoms. The van der Waals surface area contributed by atoms with Crippen LogP contribution >= 0.6 is 0 Å². The van der Waals surface area contributed by atoms with Crippen molar-refractivity contribution in [1.29, 1.82) is 0 Å². The lowest BCUT2D eigenvalue weighted by molar-refractivity contribution is -0.139. The summed E-state index contributed by atoms with van der Waals surface area (Å²) >= 11 is 0. The van der Waals surface area contributed by atoms with Crippen LogP contribution in [0.2, 0.25) is 0 Å². The lowest BCUT2D eigenvalue weighted by atomic mass is 10.1. The van der Waals surface area contributed by atoms with E-state index in [4.69, 9.17) is 15.2 Å². The molecule has 0 aromatic carbocycles. The maximum Gasteiger partial charge on any atom is 0.222 e. The molecule has 2 fully saturated rings. The van der Waals surface area contributed by atoms with Crippen LogP contribution in [0.3, 0.4) is 0 Å². The third-order valence-corrected chi connectivity index (χ3v) is 3.46. The van der Waals surface area contributed by atoms with E-state index in [1.807, 2.05) is 4.90 Å². The van der Waals surface area contributed by atoms with E-state index in [9.17, 15) is 4.79 Å². The molecule has 17 heavy (non-hydrogen) atoms. The largest absolute Gasteiger partial charge is 0.378 e. The molecule has 5 heteroatoms. The maximum atomic E-state index is 12.0. The van der Waals surface area contributed by atoms with Crippen LogP contribution in [0.1, 0.15) is 25.7 Å². The predicted octanol–water partition coefficient (Wildman–Crippen LogP) is 0.132. The second kappa shape index (κ2) is 6.33. The first kappa shape index (κ1) is 12.8. The zero-order valence-electron chi connectivity index (χ0n) is 10.3. The Morgan fingerprint density at radius 2 is 2.12 bits per heavy atom. The molecule has 5 nitrogen and oxygen atoms in total. The fourth-order valence-electron chi connectivity index (χ4n) is 2.40. The Morgan fingerprint density at radius 1 is 1.29 bits per heavy atom. The summed E-state index contributed by atoms with van der Waals surface area (Å²) in [4.78, 5) is 13.9. The van der Waals surface area contributed by atoms with Crippen LogP contribution < -0.4 is 5.73 Å². The van der Waals surface area contributed by atoms with Gasteiger partial charge in [-0.15, -0.1) is 0 Å². The SMILES string of the molecule is NC[C@H]1CN(C(=O)CC[C@H]2CCCO2)CCO1. The minimum absolute atomic E-state index is 0.00966. The molecule has 0 saturated carbocycles. The third-order valence-electron chi connectivity index (χ3n) is 3.46. The van der Waals surface area contributed by atoms with Crippen molar-refractivity contribution in [2.45, 2.75) is 37.9 Å². The van der Waals surface area contributed by atoms with Gasteiger partial charge in [-0.2, -0.15) is 0 Å². The molecule has 0 unspecified atom stereocenters. The third kappa shape index (κ3) is 3.66. The number of carbonyl (C=O) groups excluding carboxylic acids is 1. The summed E-state index contributed by atoms with van der Waals surface area (Å²) in [5.41, 5.74) is 5.56. The fourth-order valence-corrected chi connectivity index (χ4v) is 2.40. The second-order valence-electron chi connectivity index (χ2n) is 4.74. The number of rotatable bonds is 4. The molecule has 0 aromatic rings. The predicted molar refractivity (Wildman–Crippen MR) is 63.6 cm³/mol. The van der Waals surface area contributed by atoms with Crippen molar-refractivity contribution in [3.63, 3.8) is 0 Å². The van der Waals surface area contributed by atoms with Crippen molar-refractivity contribution in [3.8, 4) is 0 Å². The Labute approximate surface area is 102 Å². The first-order valence-electron chi connectivity index (χ1n) is 6.50. The highest BCUT2D eigenvalue weighted by atomic mass is 16.5. The van der Waals surface area contributed by atoms with Crippen LogP contribution in [-0.4, -0.2) is 55.9 Å². The molecule has 1 amide bonds. The summed E-state index contributed by atoms with van der Waals surface area (Å²) in [6.07, 6.45) is 3.97. The average Bonchev–Trinajstić information content (AvgIpc) is 2.89. The highest BCUT2D eigenvalue weighted by molar-refractivity contribution is 5.76. The number of nitrogens with zero attached hydrogens (tertiary/aromatic N) is 1. The summed E-state index contributed by atoms with van der Waals surface area (Å²) in [6.45, 7) is 3.27. The van der Waals surface area contributed by atoms with E-state index in [1.54, 1.807) is 0 Å². The summed E-state index contributed by atoms with van der Waals surface area (Å²) in [7, 11) is 0. The van der Waals surface area contributed by atoms with Gasteiger partial charge in [-0.1, -0.05) is 0 Å². The van der Waals surface area contributed by atoms with Gasteiger partial charge in [0.15, 0.2) is 0 Å². The lowest BCUT2D eigenvalue weighted by Gasteiger charge is -2.32. The van der Waals surface area contributed by atoms with Crippen LogP contribution in [0.25, 0.3) is 0 Å². The molecule has 2 heterocycles. The van der Waals surface area contributed by atoms with Gasteiger partial charge in [0.05, 0.1) is 18.8 Å². The molecule has 0 aliphatic carbocycles. The molecule has 98 valence electrons. The zero-order valence-corrected chi connectivity index (χ0v) is 10.3. The molecule has 0 aromatic heterocycles. The highest BCUT2D eigenvalue weighted by Gasteiger charge is 2.24. The van der Waals surface area contributed by atoms with Crippen LogP contribution in [-0.2, 0) is 14.3 Å². The molecular formula is C12H22N2O3. The van der Waals surface area contributed by atoms with Gasteiger partial charge in [0.1, 0.15) is 0 Å². The van der Waals surface area contributed by atoms with Crippen molar-refractivity contribution in [3.05, 3.63) is 0 Å². The Balaban J connectivity index is 1.71. The van der Waals surface area contributed by atoms with Crippen molar-refractivity contribution < 1.29 is 14.3 Å². The van der Waals surface area contributed by atoms with Gasteiger partial charge in [-0.25, -0.2) is 0 Å². The minimum Gasteiger partial charge on any atom is -0.378 e. The van der Waals surface area contributed by atoms with E-state index in [0.29, 0.717) is 38.8 Å². The van der Waals surface area contributed by atoms with E-state index < -0.39 is 0 Å². The topological polar surface area (TPSA) is 64.8 Å². The van der Waals surface area contributed by atoms with Crippen molar-refractivity contribution in [2.75, 3.05) is 32.8 Å². The molecule has 2 saturated heterocycles. The van der Waals surface area contributed by atoms with E-state index >= 15 is 0 Å². The Kier molecular flexibility index (Phi) is 4.76. The van der Waals surface area contributed by atoms with Gasteiger partial charge in [0.25, 0.3) is 0 Å². The summed E-state index contributed by atoms with van der Waals surface area (Å²) < 4.78 is 11.0.